The van der Waals surface area contributed by atoms with Gasteiger partial charge in [0.25, 0.3) is 6.01 Å². The van der Waals surface area contributed by atoms with Crippen LogP contribution in [0.4, 0.5) is 11.7 Å². The average molecular weight is 266 g/mol. The molecule has 0 fully saturated rings. The Morgan fingerprint density at radius 3 is 2.50 bits per heavy atom. The van der Waals surface area contributed by atoms with Gasteiger partial charge in [0.05, 0.1) is 11.4 Å². The highest BCUT2D eigenvalue weighted by Crippen LogP contribution is 2.28. The molecule has 2 aromatic carbocycles. The summed E-state index contributed by atoms with van der Waals surface area (Å²) in [5.41, 5.74) is 1.94. The van der Waals surface area contributed by atoms with Gasteiger partial charge in [-0.25, -0.2) is 0 Å². The third-order valence-corrected chi connectivity index (χ3v) is 3.30. The molecule has 0 saturated carbocycles. The molecule has 1 heterocycles. The number of nitrogens with one attached hydrogen (secondary N) is 1. The molecule has 0 amide bonds. The number of benzene rings is 2. The van der Waals surface area contributed by atoms with Crippen LogP contribution in [0.3, 0.4) is 0 Å². The number of nitrogens with zero attached hydrogens (tertiary/aromatic N) is 1. The summed E-state index contributed by atoms with van der Waals surface area (Å²) in [6.45, 7) is 6.35. The smallest absolute Gasteiger partial charge is 0.299 e. The minimum absolute atomic E-state index is 0.0117. The zero-order chi connectivity index (χ0) is 14.2. The second-order valence-corrected chi connectivity index (χ2v) is 5.94. The SMILES string of the molecule is CC(C)(C)c1coc(Nc2cccc3ccccc23)n1. The summed E-state index contributed by atoms with van der Waals surface area (Å²) in [6.07, 6.45) is 1.72. The summed E-state index contributed by atoms with van der Waals surface area (Å²) >= 11 is 0. The molecule has 0 saturated heterocycles. The Morgan fingerprint density at radius 2 is 1.75 bits per heavy atom. The molecule has 0 aliphatic carbocycles. The Bertz CT molecular complexity index is 733. The van der Waals surface area contributed by atoms with E-state index in [2.05, 4.69) is 49.3 Å². The monoisotopic (exact) mass is 266 g/mol. The highest BCUT2D eigenvalue weighted by molar-refractivity contribution is 5.94. The fourth-order valence-corrected chi connectivity index (χ4v) is 2.13. The number of aromatic nitrogens is 1. The van der Waals surface area contributed by atoms with E-state index in [4.69, 9.17) is 4.42 Å². The van der Waals surface area contributed by atoms with Crippen LogP contribution in [0.5, 0.6) is 0 Å². The molecule has 0 aliphatic heterocycles. The van der Waals surface area contributed by atoms with Crippen molar-refractivity contribution in [3.63, 3.8) is 0 Å². The molecule has 0 bridgehead atoms. The maximum atomic E-state index is 5.52. The Balaban J connectivity index is 1.96. The number of oxazole rings is 1. The molecule has 0 radical (unpaired) electrons. The van der Waals surface area contributed by atoms with Crippen LogP contribution in [0.2, 0.25) is 0 Å². The number of rotatable bonds is 2. The molecule has 3 aromatic rings. The van der Waals surface area contributed by atoms with Crippen molar-refractivity contribution in [2.45, 2.75) is 26.2 Å². The third-order valence-electron chi connectivity index (χ3n) is 3.30. The van der Waals surface area contributed by atoms with Crippen molar-refractivity contribution in [2.24, 2.45) is 0 Å². The first-order valence-electron chi connectivity index (χ1n) is 6.75. The third kappa shape index (κ3) is 2.39. The summed E-state index contributed by atoms with van der Waals surface area (Å²) in [6, 6.07) is 14.9. The quantitative estimate of drug-likeness (QED) is 0.719. The molecule has 3 rings (SSSR count). The van der Waals surface area contributed by atoms with Crippen LogP contribution in [0.1, 0.15) is 26.5 Å². The summed E-state index contributed by atoms with van der Waals surface area (Å²) in [5.74, 6) is 0. The maximum absolute atomic E-state index is 5.52. The molecule has 0 spiro atoms. The molecule has 102 valence electrons. The van der Waals surface area contributed by atoms with Crippen LogP contribution in [0, 0.1) is 0 Å². The van der Waals surface area contributed by atoms with Crippen LogP contribution in [-0.4, -0.2) is 4.98 Å². The summed E-state index contributed by atoms with van der Waals surface area (Å²) in [4.78, 5) is 4.51. The van der Waals surface area contributed by atoms with Crippen molar-refractivity contribution in [2.75, 3.05) is 5.32 Å². The van der Waals surface area contributed by atoms with Gasteiger partial charge in [-0.1, -0.05) is 57.2 Å². The van der Waals surface area contributed by atoms with Gasteiger partial charge < -0.3 is 9.73 Å². The van der Waals surface area contributed by atoms with E-state index in [1.54, 1.807) is 6.26 Å². The molecule has 0 unspecified atom stereocenters. The summed E-state index contributed by atoms with van der Waals surface area (Å²) in [7, 11) is 0. The van der Waals surface area contributed by atoms with Crippen molar-refractivity contribution >= 4 is 22.5 Å². The van der Waals surface area contributed by atoms with Gasteiger partial charge in [0.15, 0.2) is 0 Å². The standard InChI is InChI=1S/C17H18N2O/c1-17(2,3)15-11-20-16(19-15)18-14-10-6-8-12-7-4-5-9-13(12)14/h4-11H,1-3H3,(H,18,19). The van der Waals surface area contributed by atoms with Gasteiger partial charge in [0.1, 0.15) is 6.26 Å². The zero-order valence-corrected chi connectivity index (χ0v) is 12.0. The minimum Gasteiger partial charge on any atom is -0.432 e. The first-order chi connectivity index (χ1) is 9.54. The molecule has 0 aliphatic rings. The van der Waals surface area contributed by atoms with Crippen LogP contribution >= 0.6 is 0 Å². The molecule has 3 nitrogen and oxygen atoms in total. The highest BCUT2D eigenvalue weighted by atomic mass is 16.4. The van der Waals surface area contributed by atoms with Crippen LogP contribution in [0.25, 0.3) is 10.8 Å². The van der Waals surface area contributed by atoms with Gasteiger partial charge in [-0.3, -0.25) is 0 Å². The van der Waals surface area contributed by atoms with E-state index in [9.17, 15) is 0 Å². The highest BCUT2D eigenvalue weighted by Gasteiger charge is 2.18. The zero-order valence-electron chi connectivity index (χ0n) is 12.0. The first kappa shape index (κ1) is 12.7. The van der Waals surface area contributed by atoms with E-state index in [0.717, 1.165) is 16.8 Å². The largest absolute Gasteiger partial charge is 0.432 e. The lowest BCUT2D eigenvalue weighted by Gasteiger charge is -2.13. The van der Waals surface area contributed by atoms with Gasteiger partial charge >= 0.3 is 0 Å². The second-order valence-electron chi connectivity index (χ2n) is 5.94. The summed E-state index contributed by atoms with van der Waals surface area (Å²) in [5, 5.41) is 5.61. The van der Waals surface area contributed by atoms with Crippen LogP contribution < -0.4 is 5.32 Å². The van der Waals surface area contributed by atoms with Crippen molar-refractivity contribution in [3.05, 3.63) is 54.4 Å². The molecular formula is C17H18N2O. The number of hydrogen-bond acceptors (Lipinski definition) is 3. The molecular weight excluding hydrogens is 248 g/mol. The first-order valence-corrected chi connectivity index (χ1v) is 6.75. The van der Waals surface area contributed by atoms with Crippen molar-refractivity contribution in [3.8, 4) is 0 Å². The lowest BCUT2D eigenvalue weighted by molar-refractivity contribution is 0.545. The Kier molecular flexibility index (Phi) is 2.97. The fraction of sp³-hybridized carbons (Fsp3) is 0.235. The van der Waals surface area contributed by atoms with E-state index < -0.39 is 0 Å². The van der Waals surface area contributed by atoms with Crippen LogP contribution in [0.15, 0.2) is 53.1 Å². The number of hydrogen-bond donors (Lipinski definition) is 1. The molecule has 1 N–H and O–H groups in total. The predicted octanol–water partition coefficient (Wildman–Crippen LogP) is 4.87. The molecule has 3 heteroatoms. The Morgan fingerprint density at radius 1 is 1.00 bits per heavy atom. The Labute approximate surface area is 118 Å². The van der Waals surface area contributed by atoms with E-state index in [1.807, 2.05) is 24.3 Å². The normalized spacial score (nSPS) is 11.8. The lowest BCUT2D eigenvalue weighted by Crippen LogP contribution is -2.11. The van der Waals surface area contributed by atoms with Gasteiger partial charge in [-0.2, -0.15) is 4.98 Å². The van der Waals surface area contributed by atoms with E-state index in [-0.39, 0.29) is 5.41 Å². The lowest BCUT2D eigenvalue weighted by atomic mass is 9.93. The van der Waals surface area contributed by atoms with Crippen molar-refractivity contribution < 1.29 is 4.42 Å². The average Bonchev–Trinajstić information content (AvgIpc) is 2.88. The second kappa shape index (κ2) is 4.67. The molecule has 1 aromatic heterocycles. The minimum atomic E-state index is -0.0117. The van der Waals surface area contributed by atoms with Crippen molar-refractivity contribution in [1.29, 1.82) is 0 Å². The summed E-state index contributed by atoms with van der Waals surface area (Å²) < 4.78 is 5.52. The topological polar surface area (TPSA) is 38.1 Å². The number of anilines is 2. The van der Waals surface area contributed by atoms with E-state index >= 15 is 0 Å². The van der Waals surface area contributed by atoms with Crippen molar-refractivity contribution in [1.82, 2.24) is 4.98 Å². The van der Waals surface area contributed by atoms with E-state index in [1.165, 1.54) is 5.39 Å². The van der Waals surface area contributed by atoms with Gasteiger partial charge in [-0.15, -0.1) is 0 Å². The molecule has 20 heavy (non-hydrogen) atoms. The maximum Gasteiger partial charge on any atom is 0.299 e. The fourth-order valence-electron chi connectivity index (χ4n) is 2.13. The van der Waals surface area contributed by atoms with E-state index in [0.29, 0.717) is 6.01 Å². The Hall–Kier alpha value is -2.29. The van der Waals surface area contributed by atoms with Crippen LogP contribution in [-0.2, 0) is 5.41 Å². The molecule has 0 atom stereocenters. The van der Waals surface area contributed by atoms with Gasteiger partial charge in [-0.05, 0) is 11.5 Å². The van der Waals surface area contributed by atoms with Gasteiger partial charge in [0.2, 0.25) is 0 Å². The predicted molar refractivity (Wildman–Crippen MR) is 82.4 cm³/mol. The van der Waals surface area contributed by atoms with Gasteiger partial charge in [0, 0.05) is 10.8 Å². The number of fused-ring (bicyclic) bond motifs is 1.